The van der Waals surface area contributed by atoms with Gasteiger partial charge in [0.25, 0.3) is 9.05 Å². The Morgan fingerprint density at radius 1 is 1.43 bits per heavy atom. The number of alkyl halides is 1. The van der Waals surface area contributed by atoms with Gasteiger partial charge >= 0.3 is 0 Å². The van der Waals surface area contributed by atoms with Crippen molar-refractivity contribution in [2.24, 2.45) is 0 Å². The highest BCUT2D eigenvalue weighted by atomic mass is 79.9. The van der Waals surface area contributed by atoms with Crippen LogP contribution < -0.4 is 0 Å². The van der Waals surface area contributed by atoms with Crippen molar-refractivity contribution in [3.8, 4) is 0 Å². The Morgan fingerprint density at radius 3 is 2.57 bits per heavy atom. The van der Waals surface area contributed by atoms with Gasteiger partial charge in [0, 0.05) is 16.2 Å². The third kappa shape index (κ3) is 2.80. The Balaban J connectivity index is 3.21. The van der Waals surface area contributed by atoms with Crippen LogP contribution in [0.4, 0.5) is 0 Å². The van der Waals surface area contributed by atoms with Crippen LogP contribution in [0, 0.1) is 0 Å². The predicted molar refractivity (Wildman–Crippen MR) is 57.6 cm³/mol. The topological polar surface area (TPSA) is 51.2 Å². The summed E-state index contributed by atoms with van der Waals surface area (Å²) in [4.78, 5) is 11.1. The Labute approximate surface area is 94.6 Å². The van der Waals surface area contributed by atoms with E-state index in [2.05, 4.69) is 15.9 Å². The molecular formula is C8H6BrClO3S. The van der Waals surface area contributed by atoms with Crippen LogP contribution in [0.15, 0.2) is 29.2 Å². The molecule has 0 fully saturated rings. The Kier molecular flexibility index (Phi) is 3.69. The molecule has 0 aromatic heterocycles. The molecule has 0 radical (unpaired) electrons. The summed E-state index contributed by atoms with van der Waals surface area (Å²) in [5, 5.41) is 0.152. The number of ketones is 1. The fourth-order valence-electron chi connectivity index (χ4n) is 0.898. The van der Waals surface area contributed by atoms with E-state index >= 15 is 0 Å². The number of Topliss-reactive ketones (excluding diaryl/α,β-unsaturated/α-hetero) is 1. The molecule has 76 valence electrons. The number of carbonyl (C=O) groups is 1. The van der Waals surface area contributed by atoms with Gasteiger partial charge in [-0.1, -0.05) is 28.1 Å². The Hall–Kier alpha value is -0.390. The van der Waals surface area contributed by atoms with Crippen molar-refractivity contribution in [2.75, 3.05) is 5.33 Å². The van der Waals surface area contributed by atoms with Crippen molar-refractivity contribution in [1.29, 1.82) is 0 Å². The average Bonchev–Trinajstić information content (AvgIpc) is 2.15. The third-order valence-corrected chi connectivity index (χ3v) is 3.42. The zero-order chi connectivity index (χ0) is 10.8. The molecule has 0 saturated heterocycles. The molecule has 1 rings (SSSR count). The molecule has 14 heavy (non-hydrogen) atoms. The molecule has 0 unspecified atom stereocenters. The second kappa shape index (κ2) is 4.42. The lowest BCUT2D eigenvalue weighted by molar-refractivity contribution is 0.102. The third-order valence-electron chi connectivity index (χ3n) is 1.56. The molecule has 0 saturated carbocycles. The number of halogens is 2. The van der Waals surface area contributed by atoms with Gasteiger partial charge in [0.2, 0.25) is 0 Å². The monoisotopic (exact) mass is 296 g/mol. The first-order chi connectivity index (χ1) is 6.45. The van der Waals surface area contributed by atoms with Gasteiger partial charge in [-0.15, -0.1) is 0 Å². The maximum Gasteiger partial charge on any atom is 0.261 e. The van der Waals surface area contributed by atoms with Gasteiger partial charge in [0.1, 0.15) is 0 Å². The lowest BCUT2D eigenvalue weighted by atomic mass is 10.2. The first-order valence-electron chi connectivity index (χ1n) is 3.59. The van der Waals surface area contributed by atoms with E-state index in [1.54, 1.807) is 0 Å². The molecule has 0 spiro atoms. The normalized spacial score (nSPS) is 11.3. The molecular weight excluding hydrogens is 292 g/mol. The van der Waals surface area contributed by atoms with Crippen molar-refractivity contribution in [2.45, 2.75) is 4.90 Å². The van der Waals surface area contributed by atoms with Crippen molar-refractivity contribution in [3.05, 3.63) is 29.8 Å². The van der Waals surface area contributed by atoms with Crippen LogP contribution in [0.2, 0.25) is 0 Å². The minimum atomic E-state index is -3.76. The van der Waals surface area contributed by atoms with Crippen molar-refractivity contribution >= 4 is 41.4 Å². The minimum Gasteiger partial charge on any atom is -0.293 e. The fourth-order valence-corrected chi connectivity index (χ4v) is 2.02. The van der Waals surface area contributed by atoms with Crippen LogP contribution in [-0.2, 0) is 9.05 Å². The van der Waals surface area contributed by atoms with Crippen LogP contribution in [-0.4, -0.2) is 19.5 Å². The largest absolute Gasteiger partial charge is 0.293 e. The van der Waals surface area contributed by atoms with Gasteiger partial charge in [-0.2, -0.15) is 0 Å². The standard InChI is InChI=1S/C8H6BrClO3S/c9-5-8(11)6-2-1-3-7(4-6)14(10,12)13/h1-4H,5H2. The number of hydrogen-bond acceptors (Lipinski definition) is 3. The molecule has 0 amide bonds. The highest BCUT2D eigenvalue weighted by molar-refractivity contribution is 9.09. The van der Waals surface area contributed by atoms with E-state index in [1.165, 1.54) is 24.3 Å². The van der Waals surface area contributed by atoms with E-state index in [1.807, 2.05) is 0 Å². The summed E-state index contributed by atoms with van der Waals surface area (Å²) in [5.41, 5.74) is 0.323. The summed E-state index contributed by atoms with van der Waals surface area (Å²) < 4.78 is 21.9. The van der Waals surface area contributed by atoms with Gasteiger partial charge in [-0.25, -0.2) is 8.42 Å². The quantitative estimate of drug-likeness (QED) is 0.488. The van der Waals surface area contributed by atoms with Crippen molar-refractivity contribution in [1.82, 2.24) is 0 Å². The first kappa shape index (κ1) is 11.7. The second-order valence-electron chi connectivity index (χ2n) is 2.52. The molecule has 0 atom stereocenters. The van der Waals surface area contributed by atoms with Crippen LogP contribution in [0.25, 0.3) is 0 Å². The van der Waals surface area contributed by atoms with E-state index in [4.69, 9.17) is 10.7 Å². The van der Waals surface area contributed by atoms with E-state index in [-0.39, 0.29) is 16.0 Å². The van der Waals surface area contributed by atoms with E-state index in [9.17, 15) is 13.2 Å². The maximum atomic E-state index is 11.2. The molecule has 6 heteroatoms. The summed E-state index contributed by atoms with van der Waals surface area (Å²) >= 11 is 2.99. The molecule has 0 heterocycles. The van der Waals surface area contributed by atoms with E-state index < -0.39 is 9.05 Å². The molecule has 3 nitrogen and oxygen atoms in total. The van der Waals surface area contributed by atoms with E-state index in [0.29, 0.717) is 5.56 Å². The van der Waals surface area contributed by atoms with Crippen LogP contribution in [0.5, 0.6) is 0 Å². The molecule has 1 aromatic carbocycles. The van der Waals surface area contributed by atoms with Crippen LogP contribution in [0.1, 0.15) is 10.4 Å². The Morgan fingerprint density at radius 2 is 2.07 bits per heavy atom. The molecule has 0 aliphatic rings. The van der Waals surface area contributed by atoms with Gasteiger partial charge < -0.3 is 0 Å². The van der Waals surface area contributed by atoms with Gasteiger partial charge in [-0.3, -0.25) is 4.79 Å². The summed E-state index contributed by atoms with van der Waals surface area (Å²) in [6, 6.07) is 5.61. The molecule has 1 aromatic rings. The second-order valence-corrected chi connectivity index (χ2v) is 5.65. The first-order valence-corrected chi connectivity index (χ1v) is 7.02. The Bertz CT molecular complexity index is 455. The SMILES string of the molecule is O=C(CBr)c1cccc(S(=O)(=O)Cl)c1. The lowest BCUT2D eigenvalue weighted by Crippen LogP contribution is -2.01. The zero-order valence-corrected chi connectivity index (χ0v) is 10.1. The smallest absolute Gasteiger partial charge is 0.261 e. The fraction of sp³-hybridized carbons (Fsp3) is 0.125. The van der Waals surface area contributed by atoms with Crippen molar-refractivity contribution < 1.29 is 13.2 Å². The van der Waals surface area contributed by atoms with Crippen molar-refractivity contribution in [3.63, 3.8) is 0 Å². The minimum absolute atomic E-state index is 0.0639. The maximum absolute atomic E-state index is 11.2. The summed E-state index contributed by atoms with van der Waals surface area (Å²) in [5.74, 6) is -0.188. The predicted octanol–water partition coefficient (Wildman–Crippen LogP) is 2.19. The summed E-state index contributed by atoms with van der Waals surface area (Å²) in [6.07, 6.45) is 0. The molecule has 0 bridgehead atoms. The summed E-state index contributed by atoms with van der Waals surface area (Å²) in [7, 11) is 1.37. The molecule has 0 N–H and O–H groups in total. The highest BCUT2D eigenvalue weighted by Crippen LogP contribution is 2.16. The van der Waals surface area contributed by atoms with Gasteiger partial charge in [-0.05, 0) is 12.1 Å². The van der Waals surface area contributed by atoms with Crippen LogP contribution in [0.3, 0.4) is 0 Å². The average molecular weight is 298 g/mol. The van der Waals surface area contributed by atoms with Gasteiger partial charge in [0.05, 0.1) is 10.2 Å². The molecule has 0 aliphatic heterocycles. The summed E-state index contributed by atoms with van der Waals surface area (Å²) in [6.45, 7) is 0. The van der Waals surface area contributed by atoms with Crippen LogP contribution >= 0.6 is 26.6 Å². The number of benzene rings is 1. The number of hydrogen-bond donors (Lipinski definition) is 0. The lowest BCUT2D eigenvalue weighted by Gasteiger charge is -1.99. The van der Waals surface area contributed by atoms with E-state index in [0.717, 1.165) is 0 Å². The zero-order valence-electron chi connectivity index (χ0n) is 6.91. The van der Waals surface area contributed by atoms with Gasteiger partial charge in [0.15, 0.2) is 5.78 Å². The highest BCUT2D eigenvalue weighted by Gasteiger charge is 2.12. The molecule has 0 aliphatic carbocycles. The number of carbonyl (C=O) groups excluding carboxylic acids is 1. The number of rotatable bonds is 3.